The number of carbonyl (C=O) groups is 1. The van der Waals surface area contributed by atoms with Gasteiger partial charge in [0.1, 0.15) is 0 Å². The van der Waals surface area contributed by atoms with Crippen LogP contribution in [0.2, 0.25) is 0 Å². The number of allylic oxidation sites excluding steroid dienone is 2. The van der Waals surface area contributed by atoms with Crippen molar-refractivity contribution in [2.24, 2.45) is 0 Å². The molecule has 24 heavy (non-hydrogen) atoms. The van der Waals surface area contributed by atoms with Crippen LogP contribution in [0.4, 0.5) is 5.69 Å². The molecule has 4 nitrogen and oxygen atoms in total. The minimum atomic E-state index is -0.00134. The Morgan fingerprint density at radius 2 is 2.04 bits per heavy atom. The van der Waals surface area contributed by atoms with E-state index >= 15 is 0 Å². The molecule has 3 heterocycles. The van der Waals surface area contributed by atoms with Gasteiger partial charge in [-0.3, -0.25) is 4.79 Å². The minimum absolute atomic E-state index is 0.00134. The third-order valence-corrected chi connectivity index (χ3v) is 6.13. The second-order valence-electron chi connectivity index (χ2n) is 6.49. The molecule has 0 spiro atoms. The first-order chi connectivity index (χ1) is 11.7. The van der Waals surface area contributed by atoms with E-state index in [0.29, 0.717) is 6.42 Å². The van der Waals surface area contributed by atoms with Gasteiger partial charge in [0, 0.05) is 34.3 Å². The molecule has 0 amide bonds. The van der Waals surface area contributed by atoms with Gasteiger partial charge in [0.05, 0.1) is 5.92 Å². The van der Waals surface area contributed by atoms with Crippen LogP contribution in [-0.4, -0.2) is 12.6 Å². The van der Waals surface area contributed by atoms with Gasteiger partial charge in [-0.15, -0.1) is 11.3 Å². The highest BCUT2D eigenvalue weighted by molar-refractivity contribution is 7.10. The number of benzene rings is 1. The van der Waals surface area contributed by atoms with Crippen LogP contribution in [0.1, 0.15) is 41.2 Å². The fourth-order valence-corrected chi connectivity index (χ4v) is 4.96. The van der Waals surface area contributed by atoms with Crippen LogP contribution in [0.5, 0.6) is 11.5 Å². The summed E-state index contributed by atoms with van der Waals surface area (Å²) in [7, 11) is 0. The van der Waals surface area contributed by atoms with Gasteiger partial charge in [-0.1, -0.05) is 0 Å². The van der Waals surface area contributed by atoms with Crippen molar-refractivity contribution < 1.29 is 14.3 Å². The number of aryl methyl sites for hydroxylation is 1. The first-order valence-electron chi connectivity index (χ1n) is 8.23. The van der Waals surface area contributed by atoms with Crippen LogP contribution in [0.3, 0.4) is 0 Å². The van der Waals surface area contributed by atoms with Crippen LogP contribution >= 0.6 is 11.3 Å². The van der Waals surface area contributed by atoms with Crippen molar-refractivity contribution in [1.29, 1.82) is 0 Å². The summed E-state index contributed by atoms with van der Waals surface area (Å²) in [5.41, 5.74) is 5.40. The Bertz CT molecular complexity index is 896. The summed E-state index contributed by atoms with van der Waals surface area (Å²) < 4.78 is 11.1. The Labute approximate surface area is 144 Å². The molecule has 3 aliphatic rings. The summed E-state index contributed by atoms with van der Waals surface area (Å²) >= 11 is 1.72. The Kier molecular flexibility index (Phi) is 3.00. The number of fused-ring (bicyclic) bond motifs is 2. The maximum atomic E-state index is 12.7. The standard InChI is InChI=1S/C19H17NO3S/c1-10-5-6-24-19(10)17-11-7-15-16(23-9-22-15)8-13(11)20-12-3-2-4-14(21)18(12)17/h5-8,17,20H,2-4,9H2,1H3/t17-/m1/s1. The summed E-state index contributed by atoms with van der Waals surface area (Å²) in [6.45, 7) is 2.38. The number of carbonyl (C=O) groups excluding carboxylic acids is 1. The van der Waals surface area contributed by atoms with Crippen molar-refractivity contribution >= 4 is 22.8 Å². The zero-order chi connectivity index (χ0) is 16.3. The van der Waals surface area contributed by atoms with Gasteiger partial charge < -0.3 is 14.8 Å². The number of hydrogen-bond acceptors (Lipinski definition) is 5. The van der Waals surface area contributed by atoms with Gasteiger partial charge in [-0.2, -0.15) is 0 Å². The number of ether oxygens (including phenoxy) is 2. The molecule has 0 fully saturated rings. The maximum absolute atomic E-state index is 12.7. The predicted octanol–water partition coefficient (Wildman–Crippen LogP) is 4.35. The average Bonchev–Trinajstić information content (AvgIpc) is 3.19. The van der Waals surface area contributed by atoms with Crippen molar-refractivity contribution in [3.8, 4) is 11.5 Å². The van der Waals surface area contributed by atoms with Gasteiger partial charge in [0.15, 0.2) is 17.3 Å². The number of rotatable bonds is 1. The Morgan fingerprint density at radius 1 is 1.21 bits per heavy atom. The SMILES string of the molecule is Cc1ccsc1[C@H]1C2=C(CCCC2=O)Nc2cc3c(cc21)OCO3. The molecule has 2 aromatic rings. The van der Waals surface area contributed by atoms with Crippen molar-refractivity contribution in [1.82, 2.24) is 0 Å². The summed E-state index contributed by atoms with van der Waals surface area (Å²) in [5.74, 6) is 1.81. The fourth-order valence-electron chi connectivity index (χ4n) is 3.90. The first-order valence-corrected chi connectivity index (χ1v) is 9.11. The lowest BCUT2D eigenvalue weighted by Gasteiger charge is -2.33. The molecule has 0 unspecified atom stereocenters. The van der Waals surface area contributed by atoms with Gasteiger partial charge in [0.2, 0.25) is 6.79 Å². The Hall–Kier alpha value is -2.27. The predicted molar refractivity (Wildman–Crippen MR) is 93.0 cm³/mol. The lowest BCUT2D eigenvalue weighted by atomic mass is 9.77. The van der Waals surface area contributed by atoms with E-state index in [1.54, 1.807) is 11.3 Å². The highest BCUT2D eigenvalue weighted by Gasteiger charge is 2.37. The van der Waals surface area contributed by atoms with Crippen LogP contribution in [-0.2, 0) is 4.79 Å². The molecule has 1 aromatic heterocycles. The smallest absolute Gasteiger partial charge is 0.231 e. The topological polar surface area (TPSA) is 47.6 Å². The van der Waals surface area contributed by atoms with Gasteiger partial charge >= 0.3 is 0 Å². The number of anilines is 1. The molecular weight excluding hydrogens is 322 g/mol. The molecule has 1 N–H and O–H groups in total. The number of Topliss-reactive ketones (excluding diaryl/α,β-unsaturated/α-hetero) is 1. The summed E-state index contributed by atoms with van der Waals surface area (Å²) in [5, 5.41) is 5.60. The molecule has 122 valence electrons. The van der Waals surface area contributed by atoms with Crippen molar-refractivity contribution in [2.45, 2.75) is 32.1 Å². The summed E-state index contributed by atoms with van der Waals surface area (Å²) in [6.07, 6.45) is 2.48. The van der Waals surface area contributed by atoms with Gasteiger partial charge in [-0.05, 0) is 48.4 Å². The molecule has 2 aliphatic heterocycles. The van der Waals surface area contributed by atoms with E-state index in [-0.39, 0.29) is 18.5 Å². The van der Waals surface area contributed by atoms with E-state index in [4.69, 9.17) is 9.47 Å². The molecule has 0 bridgehead atoms. The van der Waals surface area contributed by atoms with Crippen LogP contribution in [0.25, 0.3) is 0 Å². The van der Waals surface area contributed by atoms with Crippen molar-refractivity contribution in [3.63, 3.8) is 0 Å². The van der Waals surface area contributed by atoms with E-state index in [0.717, 1.165) is 46.9 Å². The monoisotopic (exact) mass is 339 g/mol. The summed E-state index contributed by atoms with van der Waals surface area (Å²) in [6, 6.07) is 6.18. The molecule has 0 saturated carbocycles. The van der Waals surface area contributed by atoms with Crippen molar-refractivity contribution in [2.75, 3.05) is 12.1 Å². The molecule has 5 rings (SSSR count). The fraction of sp³-hybridized carbons (Fsp3) is 0.316. The molecule has 0 radical (unpaired) electrons. The van der Waals surface area contributed by atoms with Crippen molar-refractivity contribution in [3.05, 3.63) is 50.9 Å². The Morgan fingerprint density at radius 3 is 2.83 bits per heavy atom. The third-order valence-electron chi connectivity index (χ3n) is 5.05. The second kappa shape index (κ2) is 5.11. The zero-order valence-corrected chi connectivity index (χ0v) is 14.2. The number of hydrogen-bond donors (Lipinski definition) is 1. The largest absolute Gasteiger partial charge is 0.454 e. The highest BCUT2D eigenvalue weighted by Crippen LogP contribution is 2.50. The number of nitrogens with one attached hydrogen (secondary N) is 1. The van der Waals surface area contributed by atoms with Gasteiger partial charge in [-0.25, -0.2) is 0 Å². The first kappa shape index (κ1) is 14.1. The highest BCUT2D eigenvalue weighted by atomic mass is 32.1. The van der Waals surface area contributed by atoms with Crippen LogP contribution in [0.15, 0.2) is 34.8 Å². The maximum Gasteiger partial charge on any atom is 0.231 e. The average molecular weight is 339 g/mol. The lowest BCUT2D eigenvalue weighted by molar-refractivity contribution is -0.116. The third kappa shape index (κ3) is 1.94. The summed E-state index contributed by atoms with van der Waals surface area (Å²) in [4.78, 5) is 14.0. The quantitative estimate of drug-likeness (QED) is 0.839. The van der Waals surface area contributed by atoms with Crippen LogP contribution in [0, 0.1) is 6.92 Å². The van der Waals surface area contributed by atoms with E-state index in [9.17, 15) is 4.79 Å². The second-order valence-corrected chi connectivity index (χ2v) is 7.44. The molecule has 1 atom stereocenters. The van der Waals surface area contributed by atoms with Crippen LogP contribution < -0.4 is 14.8 Å². The normalized spacial score (nSPS) is 21.4. The number of ketones is 1. The molecular formula is C19H17NO3S. The lowest BCUT2D eigenvalue weighted by Crippen LogP contribution is -2.26. The van der Waals surface area contributed by atoms with E-state index in [1.165, 1.54) is 10.4 Å². The zero-order valence-electron chi connectivity index (χ0n) is 13.3. The van der Waals surface area contributed by atoms with E-state index < -0.39 is 0 Å². The molecule has 0 saturated heterocycles. The van der Waals surface area contributed by atoms with Gasteiger partial charge in [0.25, 0.3) is 0 Å². The Balaban J connectivity index is 1.76. The molecule has 1 aromatic carbocycles. The number of thiophene rings is 1. The molecule has 5 heteroatoms. The minimum Gasteiger partial charge on any atom is -0.454 e. The van der Waals surface area contributed by atoms with E-state index in [2.05, 4.69) is 23.7 Å². The molecule has 1 aliphatic carbocycles. The van der Waals surface area contributed by atoms with E-state index in [1.807, 2.05) is 12.1 Å².